The molecule has 18 heavy (non-hydrogen) atoms. The number of esters is 1. The van der Waals surface area contributed by atoms with Crippen LogP contribution in [0.1, 0.15) is 15.9 Å². The first-order valence-electron chi connectivity index (χ1n) is 5.47. The maximum atomic E-state index is 13.3. The maximum absolute atomic E-state index is 13.3. The molecule has 0 aromatic heterocycles. The highest BCUT2D eigenvalue weighted by atomic mass is 19.1. The summed E-state index contributed by atoms with van der Waals surface area (Å²) >= 11 is 0. The van der Waals surface area contributed by atoms with Crippen LogP contribution in [0.4, 0.5) is 10.1 Å². The fourth-order valence-electron chi connectivity index (χ4n) is 1.26. The number of rotatable bonds is 6. The zero-order chi connectivity index (χ0) is 13.5. The molecule has 0 radical (unpaired) electrons. The van der Waals surface area contributed by atoms with E-state index >= 15 is 0 Å². The summed E-state index contributed by atoms with van der Waals surface area (Å²) in [5.74, 6) is -1.20. The fraction of sp³-hybridized carbons (Fsp3) is 0.417. The van der Waals surface area contributed by atoms with E-state index in [0.717, 1.165) is 6.07 Å². The van der Waals surface area contributed by atoms with Crippen LogP contribution < -0.4 is 5.73 Å². The van der Waals surface area contributed by atoms with E-state index in [9.17, 15) is 9.18 Å². The van der Waals surface area contributed by atoms with E-state index in [0.29, 0.717) is 5.56 Å². The van der Waals surface area contributed by atoms with Crippen molar-refractivity contribution in [2.75, 3.05) is 32.2 Å². The first-order chi connectivity index (χ1) is 8.56. The Kier molecular flexibility index (Phi) is 5.54. The Balaban J connectivity index is 2.52. The third kappa shape index (κ3) is 3.97. The van der Waals surface area contributed by atoms with Crippen LogP contribution in [0.15, 0.2) is 12.1 Å². The molecule has 1 rings (SSSR count). The van der Waals surface area contributed by atoms with E-state index in [2.05, 4.69) is 0 Å². The zero-order valence-corrected chi connectivity index (χ0v) is 10.1. The van der Waals surface area contributed by atoms with Gasteiger partial charge in [-0.15, -0.1) is 0 Å². The summed E-state index contributed by atoms with van der Waals surface area (Å²) in [6, 6.07) is 2.46. The zero-order valence-electron chi connectivity index (χ0n) is 10.1. The summed E-state index contributed by atoms with van der Waals surface area (Å²) in [6.07, 6.45) is 0. The lowest BCUT2D eigenvalue weighted by molar-refractivity contribution is 0.0258. The van der Waals surface area contributed by atoms with Crippen molar-refractivity contribution in [3.8, 4) is 0 Å². The van der Waals surface area contributed by atoms with Crippen molar-refractivity contribution in [3.05, 3.63) is 29.1 Å². The highest BCUT2D eigenvalue weighted by Crippen LogP contribution is 2.18. The standard InChI is InChI=1S/C12H16FNO4/c1-8-10(13)6-9(7-11(8)14)12(16)18-5-4-17-3-2-15/h6-7,15H,2-5,14H2,1H3. The molecule has 5 nitrogen and oxygen atoms in total. The molecule has 0 aliphatic carbocycles. The average Bonchev–Trinajstić information content (AvgIpc) is 2.34. The van der Waals surface area contributed by atoms with E-state index in [4.69, 9.17) is 20.3 Å². The Morgan fingerprint density at radius 2 is 2.11 bits per heavy atom. The van der Waals surface area contributed by atoms with Crippen LogP contribution >= 0.6 is 0 Å². The number of carbonyl (C=O) groups excluding carboxylic acids is 1. The van der Waals surface area contributed by atoms with Crippen LogP contribution in [-0.4, -0.2) is 37.5 Å². The lowest BCUT2D eigenvalue weighted by Gasteiger charge is -2.07. The predicted octanol–water partition coefficient (Wildman–Crippen LogP) is 0.882. The van der Waals surface area contributed by atoms with Gasteiger partial charge in [0.05, 0.1) is 25.4 Å². The molecule has 0 bridgehead atoms. The van der Waals surface area contributed by atoms with Gasteiger partial charge < -0.3 is 20.3 Å². The summed E-state index contributed by atoms with van der Waals surface area (Å²) in [5.41, 5.74) is 6.13. The van der Waals surface area contributed by atoms with E-state index in [1.54, 1.807) is 0 Å². The Bertz CT molecular complexity index is 400. The molecular formula is C12H16FNO4. The molecule has 1 aromatic rings. The molecule has 6 heteroatoms. The normalized spacial score (nSPS) is 10.4. The van der Waals surface area contributed by atoms with Gasteiger partial charge in [-0.1, -0.05) is 0 Å². The lowest BCUT2D eigenvalue weighted by atomic mass is 10.1. The molecule has 0 aliphatic rings. The number of hydrogen-bond donors (Lipinski definition) is 2. The highest BCUT2D eigenvalue weighted by Gasteiger charge is 2.12. The van der Waals surface area contributed by atoms with Crippen LogP contribution in [-0.2, 0) is 9.47 Å². The Labute approximate surface area is 104 Å². The smallest absolute Gasteiger partial charge is 0.338 e. The fourth-order valence-corrected chi connectivity index (χ4v) is 1.26. The van der Waals surface area contributed by atoms with Gasteiger partial charge in [-0.3, -0.25) is 0 Å². The molecule has 0 saturated heterocycles. The number of nitrogen functional groups attached to an aromatic ring is 1. The second-order valence-electron chi connectivity index (χ2n) is 3.64. The van der Waals surface area contributed by atoms with Gasteiger partial charge in [0.15, 0.2) is 0 Å². The van der Waals surface area contributed by atoms with Gasteiger partial charge in [0.1, 0.15) is 12.4 Å². The first kappa shape index (κ1) is 14.4. The van der Waals surface area contributed by atoms with Crippen LogP contribution in [0.25, 0.3) is 0 Å². The number of benzene rings is 1. The molecule has 3 N–H and O–H groups in total. The predicted molar refractivity (Wildman–Crippen MR) is 63.7 cm³/mol. The summed E-state index contributed by atoms with van der Waals surface area (Å²) in [4.78, 5) is 11.5. The van der Waals surface area contributed by atoms with E-state index in [1.807, 2.05) is 0 Å². The van der Waals surface area contributed by atoms with Gasteiger partial charge in [-0.2, -0.15) is 0 Å². The van der Waals surface area contributed by atoms with Crippen LogP contribution in [0.3, 0.4) is 0 Å². The number of carbonyl (C=O) groups is 1. The molecule has 0 amide bonds. The minimum atomic E-state index is -0.659. The quantitative estimate of drug-likeness (QED) is 0.449. The number of nitrogens with two attached hydrogens (primary N) is 1. The number of aliphatic hydroxyl groups is 1. The third-order valence-corrected chi connectivity index (χ3v) is 2.32. The van der Waals surface area contributed by atoms with Crippen molar-refractivity contribution in [3.63, 3.8) is 0 Å². The number of halogens is 1. The summed E-state index contributed by atoms with van der Waals surface area (Å²) in [7, 11) is 0. The molecule has 0 fully saturated rings. The van der Waals surface area contributed by atoms with Crippen molar-refractivity contribution in [2.45, 2.75) is 6.92 Å². The van der Waals surface area contributed by atoms with Gasteiger partial charge >= 0.3 is 5.97 Å². The van der Waals surface area contributed by atoms with Gasteiger partial charge in [0.2, 0.25) is 0 Å². The molecule has 0 heterocycles. The minimum absolute atomic E-state index is 0.0359. The molecule has 0 saturated carbocycles. The summed E-state index contributed by atoms with van der Waals surface area (Å²) in [6.45, 7) is 1.84. The Hall–Kier alpha value is -1.66. The minimum Gasteiger partial charge on any atom is -0.460 e. The second-order valence-corrected chi connectivity index (χ2v) is 3.64. The topological polar surface area (TPSA) is 81.8 Å². The first-order valence-corrected chi connectivity index (χ1v) is 5.47. The van der Waals surface area contributed by atoms with Crippen molar-refractivity contribution >= 4 is 11.7 Å². The average molecular weight is 257 g/mol. The van der Waals surface area contributed by atoms with Crippen molar-refractivity contribution in [1.29, 1.82) is 0 Å². The maximum Gasteiger partial charge on any atom is 0.338 e. The molecule has 0 spiro atoms. The highest BCUT2D eigenvalue weighted by molar-refractivity contribution is 5.90. The van der Waals surface area contributed by atoms with Crippen molar-refractivity contribution in [1.82, 2.24) is 0 Å². The van der Waals surface area contributed by atoms with Crippen molar-refractivity contribution in [2.24, 2.45) is 0 Å². The molecule has 1 aromatic carbocycles. The van der Waals surface area contributed by atoms with Crippen LogP contribution in [0.2, 0.25) is 0 Å². The monoisotopic (exact) mass is 257 g/mol. The van der Waals surface area contributed by atoms with E-state index in [1.165, 1.54) is 13.0 Å². The molecule has 0 aliphatic heterocycles. The van der Waals surface area contributed by atoms with Gasteiger partial charge in [-0.25, -0.2) is 9.18 Å². The second kappa shape index (κ2) is 6.93. The molecule has 100 valence electrons. The van der Waals surface area contributed by atoms with Gasteiger partial charge in [0.25, 0.3) is 0 Å². The molecule has 0 unspecified atom stereocenters. The SMILES string of the molecule is Cc1c(N)cc(C(=O)OCCOCCO)cc1F. The molecule has 0 atom stereocenters. The van der Waals surface area contributed by atoms with Crippen molar-refractivity contribution < 1.29 is 23.8 Å². The molecular weight excluding hydrogens is 241 g/mol. The largest absolute Gasteiger partial charge is 0.460 e. The van der Waals surface area contributed by atoms with Gasteiger partial charge in [-0.05, 0) is 19.1 Å². The van der Waals surface area contributed by atoms with Gasteiger partial charge in [0, 0.05) is 11.3 Å². The number of ether oxygens (including phenoxy) is 2. The van der Waals surface area contributed by atoms with E-state index in [-0.39, 0.29) is 37.7 Å². The number of aliphatic hydroxyl groups excluding tert-OH is 1. The van der Waals surface area contributed by atoms with Crippen LogP contribution in [0.5, 0.6) is 0 Å². The number of anilines is 1. The third-order valence-electron chi connectivity index (χ3n) is 2.32. The summed E-state index contributed by atoms with van der Waals surface area (Å²) in [5, 5.41) is 8.45. The Morgan fingerprint density at radius 3 is 2.72 bits per heavy atom. The summed E-state index contributed by atoms with van der Waals surface area (Å²) < 4.78 is 23.1. The lowest BCUT2D eigenvalue weighted by Crippen LogP contribution is -2.13. The number of hydrogen-bond acceptors (Lipinski definition) is 5. The van der Waals surface area contributed by atoms with Crippen LogP contribution in [0, 0.1) is 12.7 Å². The Morgan fingerprint density at radius 1 is 1.39 bits per heavy atom. The van der Waals surface area contributed by atoms with E-state index < -0.39 is 11.8 Å².